The number of H-pyrrole nitrogens is 1. The van der Waals surface area contributed by atoms with Crippen LogP contribution in [-0.4, -0.2) is 69.6 Å². The molecule has 3 aromatic rings. The van der Waals surface area contributed by atoms with Crippen molar-refractivity contribution in [3.63, 3.8) is 0 Å². The number of hydrogen-bond donors (Lipinski definition) is 2. The van der Waals surface area contributed by atoms with Crippen LogP contribution in [0, 0.1) is 0 Å². The molecule has 27 heavy (non-hydrogen) atoms. The summed E-state index contributed by atoms with van der Waals surface area (Å²) in [5.41, 5.74) is 7.83. The number of nitrogen functional groups attached to an aromatic ring is 1. The number of nitrogens with zero attached hydrogens (tertiary/aromatic N) is 6. The molecule has 10 nitrogen and oxygen atoms in total. The molecule has 0 unspecified atom stereocenters. The first-order valence-corrected chi connectivity index (χ1v) is 10.3. The van der Waals surface area contributed by atoms with Crippen molar-refractivity contribution in [1.29, 1.82) is 0 Å². The molecule has 4 heterocycles. The van der Waals surface area contributed by atoms with Gasteiger partial charge >= 0.3 is 0 Å². The molecule has 1 aliphatic heterocycles. The summed E-state index contributed by atoms with van der Waals surface area (Å²) in [7, 11) is -3.17. The molecule has 0 spiro atoms. The Morgan fingerprint density at radius 2 is 1.96 bits per heavy atom. The molecule has 1 fully saturated rings. The Bertz CT molecular complexity index is 1040. The summed E-state index contributed by atoms with van der Waals surface area (Å²) in [6.45, 7) is 3.58. The van der Waals surface area contributed by atoms with E-state index in [-0.39, 0.29) is 11.6 Å². The lowest BCUT2D eigenvalue weighted by atomic mass is 10.3. The zero-order valence-electron chi connectivity index (χ0n) is 14.8. The molecule has 0 aromatic carbocycles. The van der Waals surface area contributed by atoms with E-state index < -0.39 is 10.0 Å². The van der Waals surface area contributed by atoms with Crippen molar-refractivity contribution in [3.05, 3.63) is 24.5 Å². The predicted octanol–water partition coefficient (Wildman–Crippen LogP) is 0.469. The molecule has 0 bridgehead atoms. The van der Waals surface area contributed by atoms with Crippen molar-refractivity contribution in [1.82, 2.24) is 29.2 Å². The van der Waals surface area contributed by atoms with Gasteiger partial charge in [0.05, 0.1) is 17.5 Å². The van der Waals surface area contributed by atoms with Crippen LogP contribution in [0.3, 0.4) is 0 Å². The minimum atomic E-state index is -3.17. The largest absolute Gasteiger partial charge is 0.382 e. The fourth-order valence-electron chi connectivity index (χ4n) is 3.05. The van der Waals surface area contributed by atoms with Crippen LogP contribution in [-0.2, 0) is 10.0 Å². The van der Waals surface area contributed by atoms with Crippen LogP contribution in [0.5, 0.6) is 0 Å². The Morgan fingerprint density at radius 1 is 1.19 bits per heavy atom. The van der Waals surface area contributed by atoms with Gasteiger partial charge in [0.1, 0.15) is 5.82 Å². The first-order valence-electron chi connectivity index (χ1n) is 8.64. The van der Waals surface area contributed by atoms with Gasteiger partial charge in [-0.2, -0.15) is 4.31 Å². The third-order valence-electron chi connectivity index (χ3n) is 4.59. The zero-order valence-corrected chi connectivity index (χ0v) is 15.6. The number of rotatable bonds is 4. The number of aromatic nitrogens is 5. The molecule has 3 aromatic heterocycles. The first kappa shape index (κ1) is 17.6. The van der Waals surface area contributed by atoms with Gasteiger partial charge in [-0.25, -0.2) is 28.4 Å². The molecule has 0 amide bonds. The Labute approximate surface area is 156 Å². The van der Waals surface area contributed by atoms with E-state index in [1.807, 2.05) is 17.0 Å². The second kappa shape index (κ2) is 6.74. The highest BCUT2D eigenvalue weighted by Crippen LogP contribution is 2.25. The average Bonchev–Trinajstić information content (AvgIpc) is 3.12. The molecule has 0 saturated carbocycles. The van der Waals surface area contributed by atoms with Gasteiger partial charge in [-0.05, 0) is 19.1 Å². The third-order valence-corrected chi connectivity index (χ3v) is 6.47. The van der Waals surface area contributed by atoms with E-state index in [0.717, 1.165) is 5.52 Å². The number of hydrogen-bond acceptors (Lipinski definition) is 8. The van der Waals surface area contributed by atoms with E-state index in [4.69, 9.17) is 5.73 Å². The fourth-order valence-corrected chi connectivity index (χ4v) is 4.14. The molecule has 0 radical (unpaired) electrons. The quantitative estimate of drug-likeness (QED) is 0.659. The van der Waals surface area contributed by atoms with Gasteiger partial charge in [0, 0.05) is 32.4 Å². The third kappa shape index (κ3) is 3.30. The maximum atomic E-state index is 12.0. The summed E-state index contributed by atoms with van der Waals surface area (Å²) in [5, 5.41) is 0. The van der Waals surface area contributed by atoms with Gasteiger partial charge in [0.25, 0.3) is 0 Å². The van der Waals surface area contributed by atoms with E-state index in [2.05, 4.69) is 24.9 Å². The van der Waals surface area contributed by atoms with Crippen LogP contribution in [0.2, 0.25) is 0 Å². The zero-order chi connectivity index (χ0) is 19.0. The summed E-state index contributed by atoms with van der Waals surface area (Å²) in [4.78, 5) is 22.7. The molecule has 11 heteroatoms. The van der Waals surface area contributed by atoms with Gasteiger partial charge < -0.3 is 15.6 Å². The molecular weight excluding hydrogens is 368 g/mol. The van der Waals surface area contributed by atoms with E-state index >= 15 is 0 Å². The standard InChI is InChI=1S/C16H20N8O2S/c1-2-27(25,26)24-8-6-23(7-9-24)12-10-19-14(17)13(21-12)16-20-11-4-3-5-18-15(11)22-16/h3-5,10H,2,6-9H2,1H3,(H2,17,19)(H,18,20,22). The monoisotopic (exact) mass is 388 g/mol. The van der Waals surface area contributed by atoms with Gasteiger partial charge in [-0.3, -0.25) is 0 Å². The summed E-state index contributed by atoms with van der Waals surface area (Å²) < 4.78 is 25.5. The number of nitrogens with one attached hydrogen (secondary N) is 1. The number of nitrogens with two attached hydrogens (primary N) is 1. The van der Waals surface area contributed by atoms with Crippen LogP contribution in [0.1, 0.15) is 6.92 Å². The van der Waals surface area contributed by atoms with Crippen molar-refractivity contribution in [2.24, 2.45) is 0 Å². The summed E-state index contributed by atoms with van der Waals surface area (Å²) >= 11 is 0. The fraction of sp³-hybridized carbons (Fsp3) is 0.375. The first-order chi connectivity index (χ1) is 13.0. The highest BCUT2D eigenvalue weighted by molar-refractivity contribution is 7.89. The molecule has 1 aliphatic rings. The minimum Gasteiger partial charge on any atom is -0.382 e. The number of anilines is 2. The maximum absolute atomic E-state index is 12.0. The molecule has 142 valence electrons. The van der Waals surface area contributed by atoms with Crippen LogP contribution in [0.4, 0.5) is 11.6 Å². The Morgan fingerprint density at radius 3 is 2.67 bits per heavy atom. The molecule has 4 rings (SSSR count). The molecular formula is C16H20N8O2S. The van der Waals surface area contributed by atoms with Crippen LogP contribution >= 0.6 is 0 Å². The van der Waals surface area contributed by atoms with Crippen molar-refractivity contribution < 1.29 is 8.42 Å². The van der Waals surface area contributed by atoms with Gasteiger partial charge in [0.2, 0.25) is 10.0 Å². The predicted molar refractivity (Wildman–Crippen MR) is 103 cm³/mol. The van der Waals surface area contributed by atoms with Gasteiger partial charge in [-0.1, -0.05) is 0 Å². The molecule has 1 saturated heterocycles. The van der Waals surface area contributed by atoms with Crippen molar-refractivity contribution in [2.45, 2.75) is 6.92 Å². The highest BCUT2D eigenvalue weighted by Gasteiger charge is 2.26. The van der Waals surface area contributed by atoms with Gasteiger partial charge in [0.15, 0.2) is 23.0 Å². The second-order valence-electron chi connectivity index (χ2n) is 6.21. The van der Waals surface area contributed by atoms with Crippen LogP contribution in [0.15, 0.2) is 24.5 Å². The second-order valence-corrected chi connectivity index (χ2v) is 8.47. The maximum Gasteiger partial charge on any atom is 0.213 e. The van der Waals surface area contributed by atoms with Crippen LogP contribution in [0.25, 0.3) is 22.7 Å². The Balaban J connectivity index is 1.60. The average molecular weight is 388 g/mol. The van der Waals surface area contributed by atoms with E-state index in [1.165, 1.54) is 4.31 Å². The Kier molecular flexibility index (Phi) is 4.40. The molecule has 0 atom stereocenters. The number of piperazine rings is 1. The Hall–Kier alpha value is -2.79. The van der Waals surface area contributed by atoms with E-state index in [0.29, 0.717) is 49.2 Å². The summed E-state index contributed by atoms with van der Waals surface area (Å²) in [6.07, 6.45) is 3.27. The van der Waals surface area contributed by atoms with E-state index in [1.54, 1.807) is 19.3 Å². The number of imidazole rings is 1. The number of sulfonamides is 1. The molecule has 3 N–H and O–H groups in total. The lowest BCUT2D eigenvalue weighted by Crippen LogP contribution is -2.49. The van der Waals surface area contributed by atoms with Crippen molar-refractivity contribution in [2.75, 3.05) is 42.6 Å². The topological polar surface area (TPSA) is 134 Å². The minimum absolute atomic E-state index is 0.110. The summed E-state index contributed by atoms with van der Waals surface area (Å²) in [5.74, 6) is 1.52. The molecule has 0 aliphatic carbocycles. The SMILES string of the molecule is CCS(=O)(=O)N1CCN(c2cnc(N)c(-c3nc4ncccc4[nH]3)n2)CC1. The van der Waals surface area contributed by atoms with Gasteiger partial charge in [-0.15, -0.1) is 0 Å². The highest BCUT2D eigenvalue weighted by atomic mass is 32.2. The number of pyridine rings is 1. The smallest absolute Gasteiger partial charge is 0.213 e. The number of fused-ring (bicyclic) bond motifs is 1. The lowest BCUT2D eigenvalue weighted by molar-refractivity contribution is 0.384. The van der Waals surface area contributed by atoms with Crippen molar-refractivity contribution >= 4 is 32.8 Å². The van der Waals surface area contributed by atoms with Crippen molar-refractivity contribution in [3.8, 4) is 11.5 Å². The summed E-state index contributed by atoms with van der Waals surface area (Å²) in [6, 6.07) is 3.69. The number of aromatic amines is 1. The van der Waals surface area contributed by atoms with Crippen LogP contribution < -0.4 is 10.6 Å². The lowest BCUT2D eigenvalue weighted by Gasteiger charge is -2.34. The van der Waals surface area contributed by atoms with E-state index in [9.17, 15) is 8.42 Å². The normalized spacial score (nSPS) is 16.1.